The van der Waals surface area contributed by atoms with Crippen molar-refractivity contribution in [3.8, 4) is 11.5 Å². The fraction of sp³-hybridized carbons (Fsp3) is 0.600. The zero-order valence-electron chi connectivity index (χ0n) is 11.2. The van der Waals surface area contributed by atoms with E-state index in [1.807, 2.05) is 18.2 Å². The van der Waals surface area contributed by atoms with Crippen LogP contribution in [0.15, 0.2) is 18.2 Å². The van der Waals surface area contributed by atoms with Crippen LogP contribution in [0, 0.1) is 0 Å². The lowest BCUT2D eigenvalue weighted by Crippen LogP contribution is -2.16. The fourth-order valence-electron chi connectivity index (χ4n) is 2.50. The van der Waals surface area contributed by atoms with Crippen molar-refractivity contribution in [2.24, 2.45) is 5.73 Å². The Morgan fingerprint density at radius 2 is 1.89 bits per heavy atom. The van der Waals surface area contributed by atoms with Crippen molar-refractivity contribution in [2.75, 3.05) is 7.11 Å². The Labute approximate surface area is 109 Å². The fourth-order valence-corrected chi connectivity index (χ4v) is 2.50. The van der Waals surface area contributed by atoms with Crippen molar-refractivity contribution in [2.45, 2.75) is 51.2 Å². The van der Waals surface area contributed by atoms with Gasteiger partial charge in [-0.05, 0) is 43.9 Å². The van der Waals surface area contributed by atoms with Gasteiger partial charge in [0.1, 0.15) is 11.5 Å². The molecule has 18 heavy (non-hydrogen) atoms. The van der Waals surface area contributed by atoms with E-state index in [1.54, 1.807) is 7.11 Å². The monoisotopic (exact) mass is 249 g/mol. The smallest absolute Gasteiger partial charge is 0.124 e. The van der Waals surface area contributed by atoms with Gasteiger partial charge in [0.25, 0.3) is 0 Å². The van der Waals surface area contributed by atoms with E-state index < -0.39 is 0 Å². The van der Waals surface area contributed by atoms with Crippen LogP contribution < -0.4 is 15.2 Å². The highest BCUT2D eigenvalue weighted by Gasteiger charge is 2.15. The zero-order chi connectivity index (χ0) is 12.8. The molecule has 0 spiro atoms. The lowest BCUT2D eigenvalue weighted by molar-refractivity contribution is 0.182. The van der Waals surface area contributed by atoms with E-state index in [9.17, 15) is 0 Å². The summed E-state index contributed by atoms with van der Waals surface area (Å²) in [4.78, 5) is 0. The Morgan fingerprint density at radius 3 is 2.50 bits per heavy atom. The van der Waals surface area contributed by atoms with Crippen LogP contribution in [-0.2, 0) is 6.54 Å². The summed E-state index contributed by atoms with van der Waals surface area (Å²) >= 11 is 0. The number of methoxy groups -OCH3 is 1. The van der Waals surface area contributed by atoms with Gasteiger partial charge in [-0.1, -0.05) is 12.8 Å². The maximum Gasteiger partial charge on any atom is 0.124 e. The Balaban J connectivity index is 2.07. The van der Waals surface area contributed by atoms with Crippen LogP contribution in [0.2, 0.25) is 0 Å². The summed E-state index contributed by atoms with van der Waals surface area (Å²) in [5.41, 5.74) is 6.80. The second-order valence-corrected chi connectivity index (χ2v) is 4.91. The molecule has 0 atom stereocenters. The lowest BCUT2D eigenvalue weighted by atomic mass is 10.1. The summed E-state index contributed by atoms with van der Waals surface area (Å²) in [5, 5.41) is 0. The maximum absolute atomic E-state index is 6.12. The van der Waals surface area contributed by atoms with Gasteiger partial charge < -0.3 is 15.2 Å². The van der Waals surface area contributed by atoms with Crippen LogP contribution in [0.3, 0.4) is 0 Å². The van der Waals surface area contributed by atoms with E-state index in [-0.39, 0.29) is 0 Å². The van der Waals surface area contributed by atoms with Crippen LogP contribution >= 0.6 is 0 Å². The third-order valence-electron chi connectivity index (χ3n) is 3.58. The average Bonchev–Trinajstić information content (AvgIpc) is 2.68. The van der Waals surface area contributed by atoms with Crippen LogP contribution in [0.25, 0.3) is 0 Å². The number of benzene rings is 1. The minimum absolute atomic E-state index is 0.353. The molecule has 1 aliphatic carbocycles. The first-order valence-electron chi connectivity index (χ1n) is 6.87. The van der Waals surface area contributed by atoms with E-state index in [0.29, 0.717) is 12.6 Å². The molecule has 3 nitrogen and oxygen atoms in total. The van der Waals surface area contributed by atoms with Crippen molar-refractivity contribution in [1.29, 1.82) is 0 Å². The first kappa shape index (κ1) is 13.2. The first-order valence-corrected chi connectivity index (χ1v) is 6.87. The summed E-state index contributed by atoms with van der Waals surface area (Å²) in [5.74, 6) is 1.76. The molecule has 1 aromatic carbocycles. The number of hydrogen-bond acceptors (Lipinski definition) is 3. The van der Waals surface area contributed by atoms with Gasteiger partial charge in [-0.25, -0.2) is 0 Å². The number of rotatable bonds is 4. The third-order valence-corrected chi connectivity index (χ3v) is 3.58. The minimum atomic E-state index is 0.353. The van der Waals surface area contributed by atoms with Crippen LogP contribution in [-0.4, -0.2) is 13.2 Å². The highest BCUT2D eigenvalue weighted by Crippen LogP contribution is 2.28. The van der Waals surface area contributed by atoms with Gasteiger partial charge in [0.2, 0.25) is 0 Å². The third kappa shape index (κ3) is 3.39. The van der Waals surface area contributed by atoms with Crippen molar-refractivity contribution in [1.82, 2.24) is 0 Å². The molecular formula is C15H23NO2. The molecule has 2 rings (SSSR count). The molecule has 100 valence electrons. The minimum Gasteiger partial charge on any atom is -0.497 e. The van der Waals surface area contributed by atoms with Crippen molar-refractivity contribution >= 4 is 0 Å². The molecule has 1 fully saturated rings. The molecule has 0 saturated heterocycles. The molecule has 0 heterocycles. The summed E-state index contributed by atoms with van der Waals surface area (Å²) in [6.45, 7) is 0.485. The maximum atomic E-state index is 6.12. The standard InChI is InChI=1S/C15H23NO2/c1-17-14-8-9-15(12(10-14)11-16)18-13-6-4-2-3-5-7-13/h8-10,13H,2-7,11,16H2,1H3. The van der Waals surface area contributed by atoms with Crippen molar-refractivity contribution in [3.63, 3.8) is 0 Å². The molecule has 0 aliphatic heterocycles. The largest absolute Gasteiger partial charge is 0.497 e. The Morgan fingerprint density at radius 1 is 1.17 bits per heavy atom. The van der Waals surface area contributed by atoms with Crippen molar-refractivity contribution < 1.29 is 9.47 Å². The summed E-state index contributed by atoms with van der Waals surface area (Å²) in [6.07, 6.45) is 7.91. The highest BCUT2D eigenvalue weighted by atomic mass is 16.5. The summed E-state index contributed by atoms with van der Waals surface area (Å²) in [6, 6.07) is 5.88. The molecule has 1 aliphatic rings. The zero-order valence-corrected chi connectivity index (χ0v) is 11.2. The predicted molar refractivity (Wildman–Crippen MR) is 73.0 cm³/mol. The quantitative estimate of drug-likeness (QED) is 0.833. The van der Waals surface area contributed by atoms with Crippen LogP contribution in [0.1, 0.15) is 44.1 Å². The molecule has 0 bridgehead atoms. The van der Waals surface area contributed by atoms with Gasteiger partial charge in [0.15, 0.2) is 0 Å². The van der Waals surface area contributed by atoms with Gasteiger partial charge in [0.05, 0.1) is 13.2 Å². The van der Waals surface area contributed by atoms with E-state index in [2.05, 4.69) is 0 Å². The molecule has 0 radical (unpaired) electrons. The number of hydrogen-bond donors (Lipinski definition) is 1. The Bertz CT molecular complexity index is 371. The number of nitrogens with two attached hydrogens (primary N) is 1. The second kappa shape index (κ2) is 6.64. The van der Waals surface area contributed by atoms with E-state index >= 15 is 0 Å². The molecule has 0 unspecified atom stereocenters. The molecule has 0 amide bonds. The van der Waals surface area contributed by atoms with E-state index in [4.69, 9.17) is 15.2 Å². The lowest BCUT2D eigenvalue weighted by Gasteiger charge is -2.19. The first-order chi connectivity index (χ1) is 8.83. The van der Waals surface area contributed by atoms with Gasteiger partial charge in [-0.3, -0.25) is 0 Å². The predicted octanol–water partition coefficient (Wildman–Crippen LogP) is 3.26. The molecule has 2 N–H and O–H groups in total. The van der Waals surface area contributed by atoms with Crippen LogP contribution in [0.4, 0.5) is 0 Å². The normalized spacial score (nSPS) is 17.2. The molecular weight excluding hydrogens is 226 g/mol. The van der Waals surface area contributed by atoms with Gasteiger partial charge in [0, 0.05) is 12.1 Å². The van der Waals surface area contributed by atoms with E-state index in [0.717, 1.165) is 29.9 Å². The highest BCUT2D eigenvalue weighted by molar-refractivity contribution is 5.40. The molecule has 1 saturated carbocycles. The molecule has 1 aromatic rings. The molecule has 3 heteroatoms. The summed E-state index contributed by atoms with van der Waals surface area (Å²) < 4.78 is 11.3. The van der Waals surface area contributed by atoms with Gasteiger partial charge in [-0.2, -0.15) is 0 Å². The van der Waals surface area contributed by atoms with Gasteiger partial charge in [-0.15, -0.1) is 0 Å². The summed E-state index contributed by atoms with van der Waals surface area (Å²) in [7, 11) is 1.67. The van der Waals surface area contributed by atoms with Crippen LogP contribution in [0.5, 0.6) is 11.5 Å². The van der Waals surface area contributed by atoms with E-state index in [1.165, 1.54) is 25.7 Å². The van der Waals surface area contributed by atoms with Gasteiger partial charge >= 0.3 is 0 Å². The Kier molecular flexibility index (Phi) is 4.88. The topological polar surface area (TPSA) is 44.5 Å². The Hall–Kier alpha value is -1.22. The van der Waals surface area contributed by atoms with Crippen molar-refractivity contribution in [3.05, 3.63) is 23.8 Å². The molecule has 0 aromatic heterocycles. The second-order valence-electron chi connectivity index (χ2n) is 4.91. The SMILES string of the molecule is COc1ccc(OC2CCCCCC2)c(CN)c1. The average molecular weight is 249 g/mol. The number of ether oxygens (including phenoxy) is 2.